The van der Waals surface area contributed by atoms with Crippen LogP contribution in [-0.2, 0) is 6.18 Å². The maximum Gasteiger partial charge on any atom is 0.434 e. The lowest BCUT2D eigenvalue weighted by atomic mass is 9.56. The van der Waals surface area contributed by atoms with Gasteiger partial charge in [-0.05, 0) is 36.8 Å². The monoisotopic (exact) mass is 424 g/mol. The van der Waals surface area contributed by atoms with E-state index in [4.69, 9.17) is 10.2 Å². The normalized spacial score (nSPS) is 22.1. The molecule has 1 aromatic heterocycles. The van der Waals surface area contributed by atoms with Gasteiger partial charge in [0.2, 0.25) is 5.89 Å². The van der Waals surface area contributed by atoms with E-state index in [-0.39, 0.29) is 47.3 Å². The standard InChI is InChI=1S/C17H20F4N4O2.ClH/c1-7(9-6-12(22)16(9,2)3)23-11-5-8(14-24-25-15(26)27-14)4-10(18)13(11)17(19,20)21;/h4-5,7,9,12,23H,6,22H2,1-3H3,(H,25,26);1H/t7-,9-,12-;/m0./s1. The third-order valence-corrected chi connectivity index (χ3v) is 5.46. The maximum absolute atomic E-state index is 14.3. The maximum atomic E-state index is 14.3. The molecule has 1 aliphatic rings. The van der Waals surface area contributed by atoms with Gasteiger partial charge in [-0.3, -0.25) is 0 Å². The molecule has 28 heavy (non-hydrogen) atoms. The molecule has 1 aliphatic carbocycles. The first-order valence-electron chi connectivity index (χ1n) is 8.40. The Hall–Kier alpha value is -2.07. The van der Waals surface area contributed by atoms with Crippen LogP contribution in [0.3, 0.4) is 0 Å². The van der Waals surface area contributed by atoms with E-state index in [0.29, 0.717) is 12.5 Å². The van der Waals surface area contributed by atoms with E-state index in [1.54, 1.807) is 6.92 Å². The highest BCUT2D eigenvalue weighted by Crippen LogP contribution is 2.48. The molecule has 0 radical (unpaired) electrons. The van der Waals surface area contributed by atoms with Crippen LogP contribution in [0.1, 0.15) is 32.8 Å². The predicted molar refractivity (Wildman–Crippen MR) is 97.7 cm³/mol. The predicted octanol–water partition coefficient (Wildman–Crippen LogP) is 3.78. The first-order chi connectivity index (χ1) is 12.4. The number of H-pyrrole nitrogens is 1. The van der Waals surface area contributed by atoms with Crippen molar-refractivity contribution in [1.29, 1.82) is 0 Å². The van der Waals surface area contributed by atoms with Crippen LogP contribution in [0.25, 0.3) is 11.5 Å². The van der Waals surface area contributed by atoms with E-state index in [2.05, 4.69) is 10.4 Å². The quantitative estimate of drug-likeness (QED) is 0.649. The number of aromatic amines is 1. The van der Waals surface area contributed by atoms with Crippen molar-refractivity contribution in [3.8, 4) is 11.5 Å². The number of halogens is 5. The minimum Gasteiger partial charge on any atom is -0.388 e. The van der Waals surface area contributed by atoms with Gasteiger partial charge in [0.1, 0.15) is 11.4 Å². The third-order valence-electron chi connectivity index (χ3n) is 5.46. The van der Waals surface area contributed by atoms with Crippen LogP contribution in [0, 0.1) is 17.2 Å². The molecule has 0 saturated heterocycles. The number of aromatic nitrogens is 2. The summed E-state index contributed by atoms with van der Waals surface area (Å²) >= 11 is 0. The van der Waals surface area contributed by atoms with Crippen molar-refractivity contribution in [2.45, 2.75) is 45.5 Å². The van der Waals surface area contributed by atoms with E-state index in [1.165, 1.54) is 0 Å². The first-order valence-corrected chi connectivity index (χ1v) is 8.40. The van der Waals surface area contributed by atoms with Crippen LogP contribution in [-0.4, -0.2) is 22.3 Å². The van der Waals surface area contributed by atoms with E-state index < -0.39 is 29.0 Å². The van der Waals surface area contributed by atoms with Gasteiger partial charge in [-0.25, -0.2) is 14.3 Å². The van der Waals surface area contributed by atoms with Gasteiger partial charge in [0.15, 0.2) is 0 Å². The minimum atomic E-state index is -4.90. The summed E-state index contributed by atoms with van der Waals surface area (Å²) in [6, 6.07) is 1.28. The largest absolute Gasteiger partial charge is 0.434 e. The molecule has 1 aromatic carbocycles. The number of alkyl halides is 3. The smallest absolute Gasteiger partial charge is 0.388 e. The molecule has 0 bridgehead atoms. The van der Waals surface area contributed by atoms with Crippen LogP contribution in [0.15, 0.2) is 21.3 Å². The molecule has 0 amide bonds. The van der Waals surface area contributed by atoms with Gasteiger partial charge in [-0.15, -0.1) is 17.5 Å². The van der Waals surface area contributed by atoms with Gasteiger partial charge >= 0.3 is 11.9 Å². The molecular weight excluding hydrogens is 404 g/mol. The van der Waals surface area contributed by atoms with Gasteiger partial charge in [0.25, 0.3) is 0 Å². The summed E-state index contributed by atoms with van der Waals surface area (Å²) in [5, 5.41) is 8.31. The fourth-order valence-electron chi connectivity index (χ4n) is 3.68. The average molecular weight is 425 g/mol. The molecule has 11 heteroatoms. The summed E-state index contributed by atoms with van der Waals surface area (Å²) in [4.78, 5) is 11.1. The second-order valence-electron chi connectivity index (χ2n) is 7.50. The Balaban J connectivity index is 0.00000280. The van der Waals surface area contributed by atoms with Gasteiger partial charge < -0.3 is 15.5 Å². The fraction of sp³-hybridized carbons (Fsp3) is 0.529. The lowest BCUT2D eigenvalue weighted by molar-refractivity contribution is -0.139. The summed E-state index contributed by atoms with van der Waals surface area (Å²) in [6.07, 6.45) is -4.25. The topological polar surface area (TPSA) is 96.9 Å². The molecule has 2 aromatic rings. The molecule has 0 spiro atoms. The van der Waals surface area contributed by atoms with Crippen molar-refractivity contribution in [3.05, 3.63) is 34.1 Å². The fourth-order valence-corrected chi connectivity index (χ4v) is 3.68. The van der Waals surface area contributed by atoms with Crippen molar-refractivity contribution in [2.24, 2.45) is 17.1 Å². The molecule has 0 unspecified atom stereocenters. The molecule has 1 fully saturated rings. The number of hydrogen-bond donors (Lipinski definition) is 3. The van der Waals surface area contributed by atoms with E-state index >= 15 is 0 Å². The number of nitrogens with two attached hydrogens (primary N) is 1. The number of benzene rings is 1. The molecule has 4 N–H and O–H groups in total. The van der Waals surface area contributed by atoms with E-state index in [0.717, 1.165) is 6.07 Å². The Morgan fingerprint density at radius 3 is 2.50 bits per heavy atom. The van der Waals surface area contributed by atoms with Crippen molar-refractivity contribution in [2.75, 3.05) is 5.32 Å². The SMILES string of the molecule is C[C@H](Nc1cc(-c2n[nH]c(=O)o2)cc(F)c1C(F)(F)F)[C@@H]1C[C@H](N)C1(C)C.Cl. The number of nitrogens with zero attached hydrogens (tertiary/aromatic N) is 1. The zero-order valence-electron chi connectivity index (χ0n) is 15.4. The number of hydrogen-bond acceptors (Lipinski definition) is 5. The highest BCUT2D eigenvalue weighted by atomic mass is 35.5. The van der Waals surface area contributed by atoms with Crippen molar-refractivity contribution in [3.63, 3.8) is 0 Å². The van der Waals surface area contributed by atoms with Crippen LogP contribution >= 0.6 is 12.4 Å². The summed E-state index contributed by atoms with van der Waals surface area (Å²) in [5.41, 5.74) is 3.80. The molecule has 3 atom stereocenters. The molecule has 3 rings (SSSR count). The summed E-state index contributed by atoms with van der Waals surface area (Å²) in [6.45, 7) is 5.63. The molecule has 1 saturated carbocycles. The van der Waals surface area contributed by atoms with Crippen LogP contribution < -0.4 is 16.8 Å². The second-order valence-corrected chi connectivity index (χ2v) is 7.50. The second kappa shape index (κ2) is 7.40. The van der Waals surface area contributed by atoms with Crippen molar-refractivity contribution < 1.29 is 22.0 Å². The third kappa shape index (κ3) is 3.88. The number of nitrogens with one attached hydrogen (secondary N) is 2. The first kappa shape index (κ1) is 22.2. The summed E-state index contributed by atoms with van der Waals surface area (Å²) in [7, 11) is 0. The molecule has 1 heterocycles. The Bertz CT molecular complexity index is 909. The minimum absolute atomic E-state index is 0. The summed E-state index contributed by atoms with van der Waals surface area (Å²) < 4.78 is 59.3. The van der Waals surface area contributed by atoms with Gasteiger partial charge in [0, 0.05) is 17.6 Å². The highest BCUT2D eigenvalue weighted by Gasteiger charge is 2.49. The van der Waals surface area contributed by atoms with Crippen LogP contribution in [0.5, 0.6) is 0 Å². The lowest BCUT2D eigenvalue weighted by Crippen LogP contribution is -2.59. The molecule has 6 nitrogen and oxygen atoms in total. The van der Waals surface area contributed by atoms with Crippen LogP contribution in [0.2, 0.25) is 0 Å². The number of rotatable bonds is 4. The highest BCUT2D eigenvalue weighted by molar-refractivity contribution is 5.85. The van der Waals surface area contributed by atoms with Gasteiger partial charge in [0.05, 0.1) is 5.69 Å². The zero-order chi connectivity index (χ0) is 20.1. The Labute approximate surface area is 164 Å². The van der Waals surface area contributed by atoms with Crippen LogP contribution in [0.4, 0.5) is 23.2 Å². The van der Waals surface area contributed by atoms with Gasteiger partial charge in [-0.2, -0.15) is 13.2 Å². The lowest BCUT2D eigenvalue weighted by Gasteiger charge is -2.53. The Morgan fingerprint density at radius 1 is 1.39 bits per heavy atom. The zero-order valence-corrected chi connectivity index (χ0v) is 16.2. The van der Waals surface area contributed by atoms with E-state index in [9.17, 15) is 22.4 Å². The summed E-state index contributed by atoms with van der Waals surface area (Å²) in [5.74, 6) is -2.65. The Morgan fingerprint density at radius 2 is 2.04 bits per heavy atom. The Kier molecular flexibility index (Phi) is 5.87. The average Bonchev–Trinajstić information content (AvgIpc) is 2.97. The molecular formula is C17H21ClF4N4O2. The van der Waals surface area contributed by atoms with Crippen molar-refractivity contribution in [1.82, 2.24) is 10.2 Å². The number of anilines is 1. The molecule has 0 aliphatic heterocycles. The van der Waals surface area contributed by atoms with Gasteiger partial charge in [-0.1, -0.05) is 13.8 Å². The molecule has 156 valence electrons. The van der Waals surface area contributed by atoms with E-state index in [1.807, 2.05) is 18.9 Å². The van der Waals surface area contributed by atoms with Crippen molar-refractivity contribution >= 4 is 18.1 Å².